The maximum absolute atomic E-state index is 13.0. The molecule has 0 saturated carbocycles. The van der Waals surface area contributed by atoms with E-state index < -0.39 is 50.8 Å². The highest BCUT2D eigenvalue weighted by atomic mass is 32.2. The lowest BCUT2D eigenvalue weighted by molar-refractivity contribution is -0.384. The number of nitro groups is 1. The number of sulfonamides is 1. The monoisotopic (exact) mass is 561 g/mol. The Hall–Kier alpha value is -3.66. The fourth-order valence-corrected chi connectivity index (χ4v) is 7.56. The molecule has 1 saturated heterocycles. The van der Waals surface area contributed by atoms with Gasteiger partial charge in [0.05, 0.1) is 27.9 Å². The van der Waals surface area contributed by atoms with Crippen LogP contribution in [-0.4, -0.2) is 80.3 Å². The maximum atomic E-state index is 13.0. The van der Waals surface area contributed by atoms with Crippen molar-refractivity contribution in [3.8, 4) is 0 Å². The summed E-state index contributed by atoms with van der Waals surface area (Å²) in [6, 6.07) is 5.19. The largest absolute Gasteiger partial charge is 0.477 e. The lowest BCUT2D eigenvalue weighted by Gasteiger charge is -2.47. The number of aromatic nitrogens is 2. The zero-order valence-electron chi connectivity index (χ0n) is 20.4. The van der Waals surface area contributed by atoms with Crippen molar-refractivity contribution in [2.75, 3.05) is 14.1 Å². The summed E-state index contributed by atoms with van der Waals surface area (Å²) in [5, 5.41) is 31.4. The Kier molecular flexibility index (Phi) is 6.13. The van der Waals surface area contributed by atoms with Crippen LogP contribution < -0.4 is 0 Å². The highest BCUT2D eigenvalue weighted by Crippen LogP contribution is 2.53. The molecule has 1 amide bonds. The van der Waals surface area contributed by atoms with Gasteiger partial charge in [-0.15, -0.1) is 11.3 Å². The summed E-state index contributed by atoms with van der Waals surface area (Å²) < 4.78 is 28.1. The van der Waals surface area contributed by atoms with Crippen LogP contribution in [0.15, 0.2) is 47.5 Å². The number of carboxylic acid groups (broad SMARTS) is 1. The second-order valence-electron chi connectivity index (χ2n) is 9.41. The molecule has 200 valence electrons. The smallest absolute Gasteiger partial charge is 0.352 e. The third-order valence-electron chi connectivity index (χ3n) is 6.96. The quantitative estimate of drug-likeness (QED) is 0.234. The van der Waals surface area contributed by atoms with Gasteiger partial charge in [-0.2, -0.15) is 0 Å². The third-order valence-corrected chi connectivity index (χ3v) is 9.98. The van der Waals surface area contributed by atoms with Crippen LogP contribution >= 0.6 is 11.3 Å². The second kappa shape index (κ2) is 8.97. The molecule has 2 aliphatic rings. The first kappa shape index (κ1) is 26.0. The fraction of sp³-hybridized carbons (Fsp3) is 0.348. The summed E-state index contributed by atoms with van der Waals surface area (Å²) in [7, 11) is -1.13. The molecule has 3 aromatic rings. The van der Waals surface area contributed by atoms with Crippen molar-refractivity contribution in [3.05, 3.63) is 63.0 Å². The van der Waals surface area contributed by atoms with E-state index in [1.165, 1.54) is 48.8 Å². The van der Waals surface area contributed by atoms with Gasteiger partial charge in [0.15, 0.2) is 0 Å². The molecule has 2 aromatic heterocycles. The summed E-state index contributed by atoms with van der Waals surface area (Å²) in [6.07, 6.45) is 2.11. The highest BCUT2D eigenvalue weighted by Gasteiger charge is 2.61. The first-order valence-electron chi connectivity index (χ1n) is 11.5. The van der Waals surface area contributed by atoms with Gasteiger partial charge >= 0.3 is 5.97 Å². The van der Waals surface area contributed by atoms with Crippen molar-refractivity contribution in [2.45, 2.75) is 30.5 Å². The third kappa shape index (κ3) is 3.81. The van der Waals surface area contributed by atoms with Gasteiger partial charge < -0.3 is 15.1 Å². The van der Waals surface area contributed by atoms with Gasteiger partial charge in [-0.3, -0.25) is 19.3 Å². The predicted octanol–water partition coefficient (Wildman–Crippen LogP) is 1.43. The molecular weight excluding hydrogens is 538 g/mol. The van der Waals surface area contributed by atoms with E-state index in [1.807, 2.05) is 0 Å². The molecule has 4 heterocycles. The van der Waals surface area contributed by atoms with E-state index in [9.17, 15) is 38.3 Å². The number of non-ortho nitro benzene ring substituents is 1. The molecular formula is C23H23N5O8S2. The number of hydrogen-bond donors (Lipinski definition) is 2. The number of aliphatic hydroxyl groups excluding tert-OH is 1. The van der Waals surface area contributed by atoms with Crippen molar-refractivity contribution >= 4 is 49.3 Å². The van der Waals surface area contributed by atoms with Crippen molar-refractivity contribution in [1.82, 2.24) is 18.6 Å². The number of carbonyl (C=O) groups excluding carboxylic acids is 1. The van der Waals surface area contributed by atoms with Gasteiger partial charge in [-0.05, 0) is 18.9 Å². The zero-order chi connectivity index (χ0) is 27.7. The van der Waals surface area contributed by atoms with E-state index in [2.05, 4.69) is 4.98 Å². The molecule has 5 rings (SSSR count). The minimum atomic E-state index is -3.88. The van der Waals surface area contributed by atoms with E-state index in [0.29, 0.717) is 16.0 Å². The van der Waals surface area contributed by atoms with Gasteiger partial charge in [-0.25, -0.2) is 22.5 Å². The Morgan fingerprint density at radius 3 is 2.50 bits per heavy atom. The Balaban J connectivity index is 1.66. The molecule has 2 N–H and O–H groups in total. The molecule has 4 atom stereocenters. The van der Waals surface area contributed by atoms with Crippen LogP contribution in [0, 0.1) is 22.0 Å². The predicted molar refractivity (Wildman–Crippen MR) is 135 cm³/mol. The number of benzene rings is 1. The standard InChI is InChI=1S/C23H23N5O8S2/c1-11(29)16-18-14(8-12-4-6-13(7-5-12)28(33)34)17(19(23(31)32)27(18)21(16)30)15-9-26-10-24-20(22(26)37-15)38(35,36)25(2)3/h4-7,9-11,14,16,18,29H,8H2,1-3H3,(H,31,32)/t11-,14?,16-,18-/m1/s1. The summed E-state index contributed by atoms with van der Waals surface area (Å²) >= 11 is 1.04. The lowest BCUT2D eigenvalue weighted by atomic mass is 9.74. The molecule has 0 spiro atoms. The Morgan fingerprint density at radius 1 is 1.29 bits per heavy atom. The number of thiazole rings is 1. The van der Waals surface area contributed by atoms with E-state index in [-0.39, 0.29) is 27.7 Å². The summed E-state index contributed by atoms with van der Waals surface area (Å²) in [4.78, 5) is 41.9. The SMILES string of the molecule is C[C@@H](O)[C@H]1C(=O)N2C(C(=O)O)=C(c3cn4cnc(S(=O)(=O)N(C)C)c4s3)C(Cc3ccc([N+](=O)[O-])cc3)[C@H]12. The number of aliphatic hydroxyl groups is 1. The molecule has 1 unspecified atom stereocenters. The minimum absolute atomic E-state index is 0.0972. The van der Waals surface area contributed by atoms with Crippen LogP contribution in [0.1, 0.15) is 17.4 Å². The zero-order valence-corrected chi connectivity index (χ0v) is 22.0. The van der Waals surface area contributed by atoms with Gasteiger partial charge in [0.25, 0.3) is 15.7 Å². The highest BCUT2D eigenvalue weighted by molar-refractivity contribution is 7.89. The number of fused-ring (bicyclic) bond motifs is 2. The normalized spacial score (nSPS) is 22.2. The molecule has 1 aromatic carbocycles. The van der Waals surface area contributed by atoms with Crippen LogP contribution in [0.5, 0.6) is 0 Å². The summed E-state index contributed by atoms with van der Waals surface area (Å²) in [5.41, 5.74) is 0.687. The topological polar surface area (TPSA) is 176 Å². The first-order chi connectivity index (χ1) is 17.8. The molecule has 0 bridgehead atoms. The number of aliphatic carboxylic acids is 1. The van der Waals surface area contributed by atoms with Crippen molar-refractivity contribution in [1.29, 1.82) is 0 Å². The minimum Gasteiger partial charge on any atom is -0.477 e. The van der Waals surface area contributed by atoms with E-state index in [1.54, 1.807) is 18.3 Å². The van der Waals surface area contributed by atoms with Crippen LogP contribution in [0.4, 0.5) is 5.69 Å². The number of nitrogens with zero attached hydrogens (tertiary/aromatic N) is 5. The molecule has 15 heteroatoms. The number of carbonyl (C=O) groups is 2. The summed E-state index contributed by atoms with van der Waals surface area (Å²) in [6.45, 7) is 1.47. The molecule has 38 heavy (non-hydrogen) atoms. The van der Waals surface area contributed by atoms with Gasteiger partial charge in [-0.1, -0.05) is 12.1 Å². The average molecular weight is 562 g/mol. The molecule has 13 nitrogen and oxygen atoms in total. The van der Waals surface area contributed by atoms with E-state index in [0.717, 1.165) is 15.6 Å². The summed E-state index contributed by atoms with van der Waals surface area (Å²) in [5.74, 6) is -3.25. The average Bonchev–Trinajstić information content (AvgIpc) is 3.49. The van der Waals surface area contributed by atoms with Crippen molar-refractivity contribution in [2.24, 2.45) is 11.8 Å². The number of hydrogen-bond acceptors (Lipinski definition) is 9. The molecule has 0 radical (unpaired) electrons. The lowest BCUT2D eigenvalue weighted by Crippen LogP contribution is -2.64. The van der Waals surface area contributed by atoms with E-state index in [4.69, 9.17) is 0 Å². The molecule has 1 fully saturated rings. The van der Waals surface area contributed by atoms with Gasteiger partial charge in [0.2, 0.25) is 10.9 Å². The number of β-lactam (4-membered cyclic amide) rings is 1. The second-order valence-corrected chi connectivity index (χ2v) is 12.5. The van der Waals surface area contributed by atoms with Crippen LogP contribution in [0.25, 0.3) is 10.4 Å². The fourth-order valence-electron chi connectivity index (χ4n) is 5.19. The van der Waals surface area contributed by atoms with Crippen LogP contribution in [0.2, 0.25) is 0 Å². The number of nitro benzene ring substituents is 1. The van der Waals surface area contributed by atoms with Gasteiger partial charge in [0.1, 0.15) is 16.9 Å². The first-order valence-corrected chi connectivity index (χ1v) is 13.7. The number of imidazole rings is 1. The Labute approximate surface area is 220 Å². The number of amides is 1. The number of carboxylic acids is 1. The molecule has 0 aliphatic carbocycles. The Morgan fingerprint density at radius 2 is 1.95 bits per heavy atom. The van der Waals surface area contributed by atoms with Crippen LogP contribution in [0.3, 0.4) is 0 Å². The Bertz CT molecular complexity index is 1620. The van der Waals surface area contributed by atoms with Crippen molar-refractivity contribution in [3.63, 3.8) is 0 Å². The van der Waals surface area contributed by atoms with Crippen molar-refractivity contribution < 1.29 is 33.1 Å². The maximum Gasteiger partial charge on any atom is 0.352 e. The molecule has 2 aliphatic heterocycles. The van der Waals surface area contributed by atoms with Gasteiger partial charge in [0, 0.05) is 43.9 Å². The van der Waals surface area contributed by atoms with E-state index >= 15 is 0 Å². The van der Waals surface area contributed by atoms with Crippen LogP contribution in [-0.2, 0) is 26.0 Å². The number of rotatable bonds is 8.